The normalized spacial score (nSPS) is 24.5. The molecule has 0 aliphatic carbocycles. The van der Waals surface area contributed by atoms with Crippen LogP contribution in [0.15, 0.2) is 16.7 Å². The van der Waals surface area contributed by atoms with Crippen LogP contribution in [0.1, 0.15) is 34.8 Å². The summed E-state index contributed by atoms with van der Waals surface area (Å²) in [6.45, 7) is 5.34. The number of aromatic carboxylic acids is 1. The van der Waals surface area contributed by atoms with E-state index in [2.05, 4.69) is 18.7 Å². The van der Waals surface area contributed by atoms with Crippen LogP contribution < -0.4 is 0 Å². The van der Waals surface area contributed by atoms with Gasteiger partial charge in [0.2, 0.25) is 0 Å². The summed E-state index contributed by atoms with van der Waals surface area (Å²) >= 11 is 0. The van der Waals surface area contributed by atoms with Gasteiger partial charge in [0, 0.05) is 31.2 Å². The maximum Gasteiger partial charge on any atom is 0.338 e. The van der Waals surface area contributed by atoms with Crippen molar-refractivity contribution in [3.8, 4) is 0 Å². The van der Waals surface area contributed by atoms with E-state index in [1.807, 2.05) is 7.05 Å². The number of rotatable bonds is 2. The summed E-state index contributed by atoms with van der Waals surface area (Å²) in [5.41, 5.74) is -0.00132. The zero-order valence-electron chi connectivity index (χ0n) is 11.3. The number of likely N-dealkylation sites (N-methyl/N-ethyl adjacent to an activating group) is 1. The van der Waals surface area contributed by atoms with Crippen LogP contribution in [0.3, 0.4) is 0 Å². The van der Waals surface area contributed by atoms with Gasteiger partial charge in [0.15, 0.2) is 5.76 Å². The molecule has 1 aromatic heterocycles. The van der Waals surface area contributed by atoms with E-state index in [4.69, 9.17) is 9.52 Å². The predicted molar refractivity (Wildman–Crippen MR) is 68.3 cm³/mol. The Morgan fingerprint density at radius 1 is 1.32 bits per heavy atom. The first-order valence-electron chi connectivity index (χ1n) is 6.23. The molecule has 2 unspecified atom stereocenters. The summed E-state index contributed by atoms with van der Waals surface area (Å²) in [6.07, 6.45) is 1.10. The fourth-order valence-corrected chi connectivity index (χ4v) is 2.29. The summed E-state index contributed by atoms with van der Waals surface area (Å²) in [5, 5.41) is 8.82. The quantitative estimate of drug-likeness (QED) is 0.869. The van der Waals surface area contributed by atoms with Gasteiger partial charge in [-0.15, -0.1) is 0 Å². The van der Waals surface area contributed by atoms with Gasteiger partial charge in [-0.3, -0.25) is 9.69 Å². The lowest BCUT2D eigenvalue weighted by Gasteiger charge is -2.42. The largest absolute Gasteiger partial charge is 0.478 e. The predicted octanol–water partition coefficient (Wildman–Crippen LogP) is 1.14. The van der Waals surface area contributed by atoms with Crippen LogP contribution in [-0.4, -0.2) is 59.0 Å². The fraction of sp³-hybridized carbons (Fsp3) is 0.538. The first-order valence-corrected chi connectivity index (χ1v) is 6.23. The van der Waals surface area contributed by atoms with Crippen LogP contribution in [0.25, 0.3) is 0 Å². The average molecular weight is 266 g/mol. The van der Waals surface area contributed by atoms with Gasteiger partial charge in [-0.05, 0) is 20.9 Å². The van der Waals surface area contributed by atoms with E-state index in [1.54, 1.807) is 4.90 Å². The molecule has 1 aromatic rings. The molecule has 0 saturated carbocycles. The molecule has 19 heavy (non-hydrogen) atoms. The molecule has 0 spiro atoms. The number of carboxylic acids is 1. The molecular formula is C13H18N2O4. The van der Waals surface area contributed by atoms with Gasteiger partial charge in [0.25, 0.3) is 5.91 Å². The number of carboxylic acid groups (broad SMARTS) is 1. The Morgan fingerprint density at radius 3 is 2.37 bits per heavy atom. The number of hydrogen-bond donors (Lipinski definition) is 1. The lowest BCUT2D eigenvalue weighted by molar-refractivity contribution is 0.0389. The second-order valence-electron chi connectivity index (χ2n) is 5.08. The summed E-state index contributed by atoms with van der Waals surface area (Å²) in [7, 11) is 2.03. The van der Waals surface area contributed by atoms with Crippen molar-refractivity contribution in [2.24, 2.45) is 0 Å². The summed E-state index contributed by atoms with van der Waals surface area (Å²) < 4.78 is 5.05. The van der Waals surface area contributed by atoms with Crippen LogP contribution in [0.2, 0.25) is 0 Å². The third kappa shape index (κ3) is 2.63. The first-order chi connectivity index (χ1) is 8.90. The van der Waals surface area contributed by atoms with Gasteiger partial charge in [0.1, 0.15) is 6.26 Å². The zero-order valence-corrected chi connectivity index (χ0v) is 11.3. The molecule has 1 fully saturated rings. The Morgan fingerprint density at radius 2 is 1.89 bits per heavy atom. The minimum absolute atomic E-state index is 0.00132. The highest BCUT2D eigenvalue weighted by Gasteiger charge is 2.31. The fourth-order valence-electron chi connectivity index (χ4n) is 2.29. The second kappa shape index (κ2) is 5.05. The smallest absolute Gasteiger partial charge is 0.338 e. The third-order valence-electron chi connectivity index (χ3n) is 3.70. The van der Waals surface area contributed by atoms with Gasteiger partial charge >= 0.3 is 5.97 Å². The Labute approximate surface area is 111 Å². The topological polar surface area (TPSA) is 74.0 Å². The lowest BCUT2D eigenvalue weighted by Crippen LogP contribution is -2.56. The highest BCUT2D eigenvalue weighted by atomic mass is 16.4. The van der Waals surface area contributed by atoms with Crippen molar-refractivity contribution in [3.63, 3.8) is 0 Å². The summed E-state index contributed by atoms with van der Waals surface area (Å²) in [4.78, 5) is 26.9. The van der Waals surface area contributed by atoms with Crippen molar-refractivity contribution in [2.45, 2.75) is 25.9 Å². The number of nitrogens with zero attached hydrogens (tertiary/aromatic N) is 2. The number of carbonyl (C=O) groups is 2. The van der Waals surface area contributed by atoms with Crippen LogP contribution in [0.5, 0.6) is 0 Å². The van der Waals surface area contributed by atoms with Gasteiger partial charge in [-0.1, -0.05) is 0 Å². The Kier molecular flexibility index (Phi) is 3.61. The standard InChI is InChI=1S/C13H18N2O4/c1-8-5-15(6-9(2)14(8)3)12(16)11-4-10(7-19-11)13(17)18/h4,7-9H,5-6H2,1-3H3,(H,17,18). The average Bonchev–Trinajstić information content (AvgIpc) is 2.84. The maximum absolute atomic E-state index is 12.3. The van der Waals surface area contributed by atoms with E-state index in [-0.39, 0.29) is 29.3 Å². The Hall–Kier alpha value is -1.82. The molecule has 1 N–H and O–H groups in total. The van der Waals surface area contributed by atoms with Crippen molar-refractivity contribution in [2.75, 3.05) is 20.1 Å². The van der Waals surface area contributed by atoms with Crippen LogP contribution in [0, 0.1) is 0 Å². The second-order valence-corrected chi connectivity index (χ2v) is 5.08. The molecule has 2 rings (SSSR count). The minimum atomic E-state index is -1.09. The van der Waals surface area contributed by atoms with Crippen molar-refractivity contribution in [3.05, 3.63) is 23.7 Å². The van der Waals surface area contributed by atoms with Crippen LogP contribution >= 0.6 is 0 Å². The molecule has 6 nitrogen and oxygen atoms in total. The van der Waals surface area contributed by atoms with Gasteiger partial charge in [-0.25, -0.2) is 4.79 Å². The minimum Gasteiger partial charge on any atom is -0.478 e. The van der Waals surface area contributed by atoms with E-state index in [1.165, 1.54) is 6.07 Å². The number of amides is 1. The first kappa shape index (κ1) is 13.6. The monoisotopic (exact) mass is 266 g/mol. The van der Waals surface area contributed by atoms with E-state index < -0.39 is 5.97 Å². The number of hydrogen-bond acceptors (Lipinski definition) is 4. The number of carbonyl (C=O) groups excluding carboxylic acids is 1. The van der Waals surface area contributed by atoms with Crippen molar-refractivity contribution in [1.82, 2.24) is 9.80 Å². The van der Waals surface area contributed by atoms with E-state index >= 15 is 0 Å². The Balaban J connectivity index is 2.13. The lowest BCUT2D eigenvalue weighted by atomic mass is 10.1. The van der Waals surface area contributed by atoms with E-state index in [0.717, 1.165) is 6.26 Å². The third-order valence-corrected chi connectivity index (χ3v) is 3.70. The van der Waals surface area contributed by atoms with Gasteiger partial charge in [-0.2, -0.15) is 0 Å². The molecule has 0 radical (unpaired) electrons. The van der Waals surface area contributed by atoms with Crippen LogP contribution in [0.4, 0.5) is 0 Å². The van der Waals surface area contributed by atoms with Crippen molar-refractivity contribution < 1.29 is 19.1 Å². The molecular weight excluding hydrogens is 248 g/mol. The van der Waals surface area contributed by atoms with E-state index in [9.17, 15) is 9.59 Å². The molecule has 2 atom stereocenters. The molecule has 1 aliphatic rings. The van der Waals surface area contributed by atoms with Gasteiger partial charge < -0.3 is 14.4 Å². The molecule has 2 heterocycles. The van der Waals surface area contributed by atoms with Gasteiger partial charge in [0.05, 0.1) is 5.56 Å². The van der Waals surface area contributed by atoms with Crippen molar-refractivity contribution in [1.29, 1.82) is 0 Å². The van der Waals surface area contributed by atoms with Crippen LogP contribution in [-0.2, 0) is 0 Å². The highest BCUT2D eigenvalue weighted by molar-refractivity contribution is 5.95. The molecule has 6 heteroatoms. The van der Waals surface area contributed by atoms with Crippen molar-refractivity contribution >= 4 is 11.9 Å². The molecule has 0 bridgehead atoms. The number of piperazine rings is 1. The maximum atomic E-state index is 12.3. The molecule has 0 aromatic carbocycles. The number of furan rings is 1. The molecule has 1 aliphatic heterocycles. The molecule has 1 amide bonds. The zero-order chi connectivity index (χ0) is 14.2. The molecule has 1 saturated heterocycles. The Bertz CT molecular complexity index is 485. The summed E-state index contributed by atoms with van der Waals surface area (Å²) in [6, 6.07) is 1.81. The highest BCUT2D eigenvalue weighted by Crippen LogP contribution is 2.17. The van der Waals surface area contributed by atoms with E-state index in [0.29, 0.717) is 13.1 Å². The molecule has 104 valence electrons. The summed E-state index contributed by atoms with van der Waals surface area (Å²) in [5.74, 6) is -1.26. The SMILES string of the molecule is CC1CN(C(=O)c2cc(C(=O)O)co2)CC(C)N1C.